The lowest BCUT2D eigenvalue weighted by molar-refractivity contribution is -0.116. The highest BCUT2D eigenvalue weighted by Gasteiger charge is 2.19. The van der Waals surface area contributed by atoms with Gasteiger partial charge in [0.25, 0.3) is 0 Å². The largest absolute Gasteiger partial charge is 0.372 e. The molecule has 0 fully saturated rings. The van der Waals surface area contributed by atoms with Gasteiger partial charge in [0.05, 0.1) is 5.69 Å². The Bertz CT molecular complexity index is 776. The lowest BCUT2D eigenvalue weighted by atomic mass is 9.89. The van der Waals surface area contributed by atoms with Gasteiger partial charge < -0.3 is 10.2 Å². The second kappa shape index (κ2) is 7.94. The van der Waals surface area contributed by atoms with Crippen LogP contribution in [0.4, 0.5) is 11.4 Å². The number of anilines is 2. The van der Waals surface area contributed by atoms with Crippen LogP contribution in [0.2, 0.25) is 0 Å². The van der Waals surface area contributed by atoms with E-state index in [1.165, 1.54) is 17.7 Å². The molecule has 0 bridgehead atoms. The zero-order valence-corrected chi connectivity index (χ0v) is 16.4. The van der Waals surface area contributed by atoms with Crippen LogP contribution in [0.25, 0.3) is 0 Å². The number of amides is 1. The molecule has 1 aliphatic carbocycles. The first-order valence-corrected chi connectivity index (χ1v) is 9.70. The van der Waals surface area contributed by atoms with E-state index in [1.807, 2.05) is 19.2 Å². The summed E-state index contributed by atoms with van der Waals surface area (Å²) in [6.07, 6.45) is 5.33. The van der Waals surface area contributed by atoms with E-state index in [9.17, 15) is 4.79 Å². The third kappa shape index (κ3) is 4.09. The van der Waals surface area contributed by atoms with Crippen LogP contribution >= 0.6 is 0 Å². The first kappa shape index (κ1) is 18.5. The van der Waals surface area contributed by atoms with E-state index < -0.39 is 0 Å². The molecule has 1 aromatic carbocycles. The number of rotatable bonds is 6. The number of nitrogens with zero attached hydrogens (tertiary/aromatic N) is 3. The van der Waals surface area contributed by atoms with Crippen LogP contribution < -0.4 is 10.2 Å². The van der Waals surface area contributed by atoms with Gasteiger partial charge >= 0.3 is 0 Å². The molecule has 1 aromatic heterocycles. The molecule has 0 unspecified atom stereocenters. The number of hydrogen-bond acceptors (Lipinski definition) is 3. The van der Waals surface area contributed by atoms with Gasteiger partial charge in [0.2, 0.25) is 5.91 Å². The van der Waals surface area contributed by atoms with Crippen LogP contribution in [-0.4, -0.2) is 28.8 Å². The summed E-state index contributed by atoms with van der Waals surface area (Å²) in [5, 5.41) is 7.63. The summed E-state index contributed by atoms with van der Waals surface area (Å²) in [7, 11) is 0. The Labute approximate surface area is 156 Å². The van der Waals surface area contributed by atoms with Crippen molar-refractivity contribution in [1.29, 1.82) is 0 Å². The molecule has 2 aromatic rings. The van der Waals surface area contributed by atoms with Gasteiger partial charge in [0.1, 0.15) is 6.54 Å². The lowest BCUT2D eigenvalue weighted by Crippen LogP contribution is -2.22. The molecule has 1 atom stereocenters. The smallest absolute Gasteiger partial charge is 0.246 e. The number of carbonyl (C=O) groups is 1. The first-order chi connectivity index (χ1) is 12.5. The first-order valence-electron chi connectivity index (χ1n) is 9.70. The second-order valence-corrected chi connectivity index (χ2v) is 7.37. The molecule has 1 aliphatic rings. The highest BCUT2D eigenvalue weighted by Crippen LogP contribution is 2.25. The van der Waals surface area contributed by atoms with E-state index in [2.05, 4.69) is 48.2 Å². The maximum Gasteiger partial charge on any atom is 0.246 e. The van der Waals surface area contributed by atoms with Crippen molar-refractivity contribution in [1.82, 2.24) is 9.78 Å². The molecule has 1 N–H and O–H groups in total. The van der Waals surface area contributed by atoms with Crippen LogP contribution in [-0.2, 0) is 24.2 Å². The summed E-state index contributed by atoms with van der Waals surface area (Å²) in [6.45, 7) is 10.8. The van der Waals surface area contributed by atoms with Crippen molar-refractivity contribution in [2.24, 2.45) is 5.92 Å². The van der Waals surface area contributed by atoms with Gasteiger partial charge in [-0.1, -0.05) is 6.92 Å². The third-order valence-corrected chi connectivity index (χ3v) is 5.29. The predicted molar refractivity (Wildman–Crippen MR) is 107 cm³/mol. The zero-order chi connectivity index (χ0) is 18.7. The van der Waals surface area contributed by atoms with Crippen molar-refractivity contribution in [2.45, 2.75) is 53.5 Å². The van der Waals surface area contributed by atoms with Crippen molar-refractivity contribution in [2.75, 3.05) is 23.3 Å². The van der Waals surface area contributed by atoms with Gasteiger partial charge in [0, 0.05) is 30.7 Å². The molecule has 5 nitrogen and oxygen atoms in total. The van der Waals surface area contributed by atoms with Gasteiger partial charge in [-0.15, -0.1) is 0 Å². The molecule has 1 amide bonds. The molecule has 0 spiro atoms. The minimum absolute atomic E-state index is 0.0309. The lowest BCUT2D eigenvalue weighted by Gasteiger charge is -2.22. The van der Waals surface area contributed by atoms with Gasteiger partial charge in [-0.05, 0) is 75.3 Å². The summed E-state index contributed by atoms with van der Waals surface area (Å²) in [6, 6.07) is 6.21. The van der Waals surface area contributed by atoms with Gasteiger partial charge in [0.15, 0.2) is 0 Å². The minimum atomic E-state index is -0.0309. The Balaban J connectivity index is 1.65. The fourth-order valence-electron chi connectivity index (χ4n) is 3.74. The molecule has 26 heavy (non-hydrogen) atoms. The van der Waals surface area contributed by atoms with E-state index in [4.69, 9.17) is 0 Å². The Morgan fingerprint density at radius 1 is 1.35 bits per heavy atom. The zero-order valence-electron chi connectivity index (χ0n) is 16.4. The van der Waals surface area contributed by atoms with Gasteiger partial charge in [-0.3, -0.25) is 9.48 Å². The molecular formula is C21H30N4O. The van der Waals surface area contributed by atoms with Crippen molar-refractivity contribution >= 4 is 17.3 Å². The number of benzene rings is 1. The summed E-state index contributed by atoms with van der Waals surface area (Å²) in [5.74, 6) is 0.678. The molecular weight excluding hydrogens is 324 g/mol. The Morgan fingerprint density at radius 2 is 2.12 bits per heavy atom. The van der Waals surface area contributed by atoms with Crippen LogP contribution in [0, 0.1) is 12.8 Å². The van der Waals surface area contributed by atoms with Crippen LogP contribution in [0.15, 0.2) is 24.4 Å². The molecule has 0 radical (unpaired) electrons. The van der Waals surface area contributed by atoms with Gasteiger partial charge in [-0.2, -0.15) is 5.10 Å². The Kier molecular flexibility index (Phi) is 5.64. The van der Waals surface area contributed by atoms with Crippen molar-refractivity contribution in [3.8, 4) is 0 Å². The van der Waals surface area contributed by atoms with Crippen LogP contribution in [0.5, 0.6) is 0 Å². The summed E-state index contributed by atoms with van der Waals surface area (Å²) >= 11 is 0. The number of aromatic nitrogens is 2. The molecule has 0 saturated heterocycles. The van der Waals surface area contributed by atoms with E-state index in [-0.39, 0.29) is 12.5 Å². The van der Waals surface area contributed by atoms with E-state index in [1.54, 1.807) is 4.68 Å². The van der Waals surface area contributed by atoms with E-state index in [0.717, 1.165) is 42.9 Å². The number of nitrogens with one attached hydrogen (secondary N) is 1. The average molecular weight is 354 g/mol. The maximum atomic E-state index is 12.5. The minimum Gasteiger partial charge on any atom is -0.372 e. The van der Waals surface area contributed by atoms with Crippen molar-refractivity contribution in [3.05, 3.63) is 41.2 Å². The highest BCUT2D eigenvalue weighted by molar-refractivity contribution is 5.91. The van der Waals surface area contributed by atoms with Crippen LogP contribution in [0.3, 0.4) is 0 Å². The second-order valence-electron chi connectivity index (χ2n) is 7.37. The summed E-state index contributed by atoms with van der Waals surface area (Å²) < 4.78 is 1.79. The fourth-order valence-corrected chi connectivity index (χ4v) is 3.74. The molecule has 140 valence electrons. The summed E-state index contributed by atoms with van der Waals surface area (Å²) in [5.41, 5.74) is 5.61. The molecule has 5 heteroatoms. The topological polar surface area (TPSA) is 50.2 Å². The van der Waals surface area contributed by atoms with E-state index >= 15 is 0 Å². The number of aryl methyl sites for hydroxylation is 2. The van der Waals surface area contributed by atoms with E-state index in [0.29, 0.717) is 5.92 Å². The van der Waals surface area contributed by atoms with Crippen LogP contribution in [0.1, 0.15) is 44.0 Å². The third-order valence-electron chi connectivity index (χ3n) is 5.29. The predicted octanol–water partition coefficient (Wildman–Crippen LogP) is 3.80. The standard InChI is InChI=1S/C21H30N4O/c1-5-24(6-2)18-8-10-19(16(4)12-18)22-21(26)14-25-13-17-11-15(3)7-9-20(17)23-25/h8,10,12-13,15H,5-7,9,11,14H2,1-4H3,(H,22,26)/t15-/m0/s1. The fraction of sp³-hybridized carbons (Fsp3) is 0.524. The number of fused-ring (bicyclic) bond motifs is 1. The molecule has 0 saturated carbocycles. The van der Waals surface area contributed by atoms with Gasteiger partial charge in [-0.25, -0.2) is 0 Å². The Morgan fingerprint density at radius 3 is 2.81 bits per heavy atom. The Hall–Kier alpha value is -2.30. The summed E-state index contributed by atoms with van der Waals surface area (Å²) in [4.78, 5) is 14.8. The van der Waals surface area contributed by atoms with Crippen molar-refractivity contribution < 1.29 is 4.79 Å². The maximum absolute atomic E-state index is 12.5. The number of hydrogen-bond donors (Lipinski definition) is 1. The number of carbonyl (C=O) groups excluding carboxylic acids is 1. The molecule has 0 aliphatic heterocycles. The molecule has 3 rings (SSSR count). The monoisotopic (exact) mass is 354 g/mol. The SMILES string of the molecule is CCN(CC)c1ccc(NC(=O)Cn2cc3c(n2)CC[C@H](C)C3)c(C)c1. The van der Waals surface area contributed by atoms with Crippen molar-refractivity contribution in [3.63, 3.8) is 0 Å². The average Bonchev–Trinajstić information content (AvgIpc) is 2.99. The quantitative estimate of drug-likeness (QED) is 0.858. The normalized spacial score (nSPS) is 16.2. The molecule has 1 heterocycles. The highest BCUT2D eigenvalue weighted by atomic mass is 16.2.